The molecule has 1 aliphatic rings. The Bertz CT molecular complexity index is 1060. The molecule has 1 heterocycles. The molecule has 0 amide bonds. The van der Waals surface area contributed by atoms with E-state index in [0.29, 0.717) is 40.2 Å². The van der Waals surface area contributed by atoms with Crippen molar-refractivity contribution in [1.29, 1.82) is 0 Å². The number of carbonyl (C=O) groups is 1. The summed E-state index contributed by atoms with van der Waals surface area (Å²) in [5.74, 6) is 2.91. The number of rotatable bonds is 7. The number of carbonyl (C=O) groups excluding carboxylic acids is 1. The maximum absolute atomic E-state index is 12.7. The highest BCUT2D eigenvalue weighted by Gasteiger charge is 2.22. The van der Waals surface area contributed by atoms with Crippen LogP contribution in [0.5, 0.6) is 40.2 Å². The molecule has 3 aromatic carbocycles. The number of fused-ring (bicyclic) bond motifs is 1. The van der Waals surface area contributed by atoms with Crippen LogP contribution in [-0.2, 0) is 4.74 Å². The van der Waals surface area contributed by atoms with Gasteiger partial charge in [0.1, 0.15) is 34.3 Å². The van der Waals surface area contributed by atoms with E-state index in [1.807, 2.05) is 0 Å². The van der Waals surface area contributed by atoms with Crippen LogP contribution >= 0.6 is 0 Å². The van der Waals surface area contributed by atoms with Crippen molar-refractivity contribution in [3.63, 3.8) is 0 Å². The summed E-state index contributed by atoms with van der Waals surface area (Å²) < 4.78 is 33.1. The smallest absolute Gasteiger partial charge is 0.345 e. The summed E-state index contributed by atoms with van der Waals surface area (Å²) in [6, 6.07) is 17.4. The Kier molecular flexibility index (Phi) is 5.61. The van der Waals surface area contributed by atoms with Gasteiger partial charge in [-0.05, 0) is 43.3 Å². The zero-order valence-corrected chi connectivity index (χ0v) is 16.5. The molecule has 3 aromatic rings. The van der Waals surface area contributed by atoms with Gasteiger partial charge in [-0.15, -0.1) is 0 Å². The van der Waals surface area contributed by atoms with Crippen LogP contribution < -0.4 is 23.7 Å². The molecule has 30 heavy (non-hydrogen) atoms. The van der Waals surface area contributed by atoms with Gasteiger partial charge in [0.05, 0.1) is 13.7 Å². The van der Waals surface area contributed by atoms with E-state index in [-0.39, 0.29) is 19.0 Å². The van der Waals surface area contributed by atoms with Crippen LogP contribution in [0.3, 0.4) is 0 Å². The second-order valence-corrected chi connectivity index (χ2v) is 6.25. The Morgan fingerprint density at radius 2 is 1.53 bits per heavy atom. The van der Waals surface area contributed by atoms with Crippen molar-refractivity contribution in [3.8, 4) is 40.2 Å². The molecule has 0 N–H and O–H groups in total. The highest BCUT2D eigenvalue weighted by atomic mass is 16.7. The maximum atomic E-state index is 12.7. The average Bonchev–Trinajstić information content (AvgIpc) is 3.22. The summed E-state index contributed by atoms with van der Waals surface area (Å²) in [6.07, 6.45) is 0. The normalized spacial score (nSPS) is 11.7. The van der Waals surface area contributed by atoms with Gasteiger partial charge in [-0.1, -0.05) is 12.1 Å². The van der Waals surface area contributed by atoms with Crippen LogP contribution in [0.1, 0.15) is 17.3 Å². The maximum Gasteiger partial charge on any atom is 0.345 e. The minimum Gasteiger partial charge on any atom is -0.497 e. The SMILES string of the molecule is CCOC(=O)c1c(Oc2cccc(OC)c2)cccc1Oc1ccc2c(c1)OCO2. The second-order valence-electron chi connectivity index (χ2n) is 6.25. The molecule has 7 nitrogen and oxygen atoms in total. The van der Waals surface area contributed by atoms with E-state index in [2.05, 4.69) is 0 Å². The van der Waals surface area contributed by atoms with Gasteiger partial charge >= 0.3 is 5.97 Å². The van der Waals surface area contributed by atoms with Crippen molar-refractivity contribution in [2.24, 2.45) is 0 Å². The van der Waals surface area contributed by atoms with Crippen LogP contribution in [0.4, 0.5) is 0 Å². The molecule has 0 fully saturated rings. The van der Waals surface area contributed by atoms with E-state index in [0.717, 1.165) is 0 Å². The molecule has 7 heteroatoms. The highest BCUT2D eigenvalue weighted by Crippen LogP contribution is 2.39. The molecule has 0 unspecified atom stereocenters. The highest BCUT2D eigenvalue weighted by molar-refractivity contribution is 5.96. The van der Waals surface area contributed by atoms with E-state index < -0.39 is 5.97 Å². The van der Waals surface area contributed by atoms with E-state index in [4.69, 9.17) is 28.4 Å². The first-order chi connectivity index (χ1) is 14.7. The molecule has 0 atom stereocenters. The van der Waals surface area contributed by atoms with Gasteiger partial charge < -0.3 is 28.4 Å². The van der Waals surface area contributed by atoms with Crippen LogP contribution in [0, 0.1) is 0 Å². The number of hydrogen-bond acceptors (Lipinski definition) is 7. The molecule has 1 aliphatic heterocycles. The quantitative estimate of drug-likeness (QED) is 0.499. The number of methoxy groups -OCH3 is 1. The first kappa shape index (κ1) is 19.4. The zero-order chi connectivity index (χ0) is 20.9. The average molecular weight is 408 g/mol. The fourth-order valence-electron chi connectivity index (χ4n) is 2.94. The van der Waals surface area contributed by atoms with Crippen LogP contribution in [-0.4, -0.2) is 26.5 Å². The third kappa shape index (κ3) is 4.10. The van der Waals surface area contributed by atoms with E-state index >= 15 is 0 Å². The summed E-state index contributed by atoms with van der Waals surface area (Å²) in [7, 11) is 1.57. The van der Waals surface area contributed by atoms with Crippen molar-refractivity contribution >= 4 is 5.97 Å². The summed E-state index contributed by atoms with van der Waals surface area (Å²) in [5, 5.41) is 0. The number of ether oxygens (including phenoxy) is 6. The van der Waals surface area contributed by atoms with Crippen molar-refractivity contribution in [2.75, 3.05) is 20.5 Å². The lowest BCUT2D eigenvalue weighted by Gasteiger charge is -2.15. The lowest BCUT2D eigenvalue weighted by molar-refractivity contribution is 0.0520. The van der Waals surface area contributed by atoms with Crippen molar-refractivity contribution in [2.45, 2.75) is 6.92 Å². The van der Waals surface area contributed by atoms with Gasteiger partial charge in [0.2, 0.25) is 6.79 Å². The molecular weight excluding hydrogens is 388 g/mol. The molecule has 0 spiro atoms. The summed E-state index contributed by atoms with van der Waals surface area (Å²) >= 11 is 0. The number of esters is 1. The summed E-state index contributed by atoms with van der Waals surface area (Å²) in [5.41, 5.74) is 0.180. The Labute approximate surface area is 173 Å². The van der Waals surface area contributed by atoms with Crippen molar-refractivity contribution in [3.05, 3.63) is 66.2 Å². The number of benzene rings is 3. The fourth-order valence-corrected chi connectivity index (χ4v) is 2.94. The first-order valence-electron chi connectivity index (χ1n) is 9.37. The third-order valence-corrected chi connectivity index (χ3v) is 4.31. The summed E-state index contributed by atoms with van der Waals surface area (Å²) in [6.45, 7) is 2.12. The molecule has 0 saturated carbocycles. The Morgan fingerprint density at radius 3 is 2.27 bits per heavy atom. The van der Waals surface area contributed by atoms with Crippen LogP contribution in [0.25, 0.3) is 0 Å². The lowest BCUT2D eigenvalue weighted by atomic mass is 10.1. The molecule has 154 valence electrons. The molecule has 0 aliphatic carbocycles. The molecule has 0 aromatic heterocycles. The van der Waals surface area contributed by atoms with E-state index in [1.54, 1.807) is 74.7 Å². The van der Waals surface area contributed by atoms with Crippen LogP contribution in [0.15, 0.2) is 60.7 Å². The molecule has 0 saturated heterocycles. The van der Waals surface area contributed by atoms with Crippen molar-refractivity contribution < 1.29 is 33.2 Å². The molecule has 0 bridgehead atoms. The van der Waals surface area contributed by atoms with Gasteiger partial charge in [0.25, 0.3) is 0 Å². The number of hydrogen-bond donors (Lipinski definition) is 0. The van der Waals surface area contributed by atoms with Crippen molar-refractivity contribution in [1.82, 2.24) is 0 Å². The largest absolute Gasteiger partial charge is 0.497 e. The zero-order valence-electron chi connectivity index (χ0n) is 16.5. The van der Waals surface area contributed by atoms with Gasteiger partial charge in [0.15, 0.2) is 11.5 Å². The summed E-state index contributed by atoms with van der Waals surface area (Å²) in [4.78, 5) is 12.7. The predicted molar refractivity (Wildman–Crippen MR) is 108 cm³/mol. The van der Waals surface area contributed by atoms with E-state index in [1.165, 1.54) is 0 Å². The third-order valence-electron chi connectivity index (χ3n) is 4.31. The lowest BCUT2D eigenvalue weighted by Crippen LogP contribution is -2.08. The van der Waals surface area contributed by atoms with Crippen LogP contribution in [0.2, 0.25) is 0 Å². The monoisotopic (exact) mass is 408 g/mol. The standard InChI is InChI=1S/C23H20O7/c1-3-26-23(24)22-19(29-16-7-4-6-15(12-16)25-2)8-5-9-20(22)30-17-10-11-18-21(13-17)28-14-27-18/h4-13H,3,14H2,1-2H3. The first-order valence-corrected chi connectivity index (χ1v) is 9.37. The Hall–Kier alpha value is -3.87. The predicted octanol–water partition coefficient (Wildman–Crippen LogP) is 5.19. The minimum atomic E-state index is -0.549. The molecular formula is C23H20O7. The minimum absolute atomic E-state index is 0.163. The van der Waals surface area contributed by atoms with Gasteiger partial charge in [-0.2, -0.15) is 0 Å². The Balaban J connectivity index is 1.69. The van der Waals surface area contributed by atoms with Gasteiger partial charge in [-0.3, -0.25) is 0 Å². The molecule has 4 rings (SSSR count). The second kappa shape index (κ2) is 8.65. The fraction of sp³-hybridized carbons (Fsp3) is 0.174. The Morgan fingerprint density at radius 1 is 0.867 bits per heavy atom. The van der Waals surface area contributed by atoms with Gasteiger partial charge in [0, 0.05) is 12.1 Å². The van der Waals surface area contributed by atoms with Gasteiger partial charge in [-0.25, -0.2) is 4.79 Å². The molecule has 0 radical (unpaired) electrons. The van der Waals surface area contributed by atoms with E-state index in [9.17, 15) is 4.79 Å². The topological polar surface area (TPSA) is 72.5 Å².